The zero-order valence-electron chi connectivity index (χ0n) is 15.6. The van der Waals surface area contributed by atoms with Crippen LogP contribution in [-0.4, -0.2) is 9.55 Å². The van der Waals surface area contributed by atoms with Crippen molar-refractivity contribution in [3.05, 3.63) is 84.1 Å². The van der Waals surface area contributed by atoms with Gasteiger partial charge < -0.3 is 4.57 Å². The first-order chi connectivity index (χ1) is 14.8. The molecule has 4 nitrogen and oxygen atoms in total. The number of thiophene rings is 1. The SMILES string of the molecule is N#Cc1cc(C#N)cc(-n2c3ccccc3c3c4sc5ccccc5c4ncc32)c1. The van der Waals surface area contributed by atoms with Gasteiger partial charge in [-0.3, -0.25) is 4.98 Å². The van der Waals surface area contributed by atoms with Gasteiger partial charge in [-0.25, -0.2) is 0 Å². The Labute approximate surface area is 175 Å². The van der Waals surface area contributed by atoms with Gasteiger partial charge in [-0.15, -0.1) is 11.3 Å². The van der Waals surface area contributed by atoms with Crippen LogP contribution in [0.2, 0.25) is 0 Å². The Morgan fingerprint density at radius 2 is 1.50 bits per heavy atom. The molecule has 6 rings (SSSR count). The molecule has 0 unspecified atom stereocenters. The molecule has 0 radical (unpaired) electrons. The minimum absolute atomic E-state index is 0.464. The highest BCUT2D eigenvalue weighted by molar-refractivity contribution is 7.26. The molecule has 0 saturated carbocycles. The minimum Gasteiger partial charge on any atom is -0.308 e. The van der Waals surface area contributed by atoms with Gasteiger partial charge in [0, 0.05) is 26.5 Å². The smallest absolute Gasteiger partial charge is 0.0992 e. The summed E-state index contributed by atoms with van der Waals surface area (Å²) >= 11 is 1.75. The Kier molecular flexibility index (Phi) is 3.43. The predicted molar refractivity (Wildman–Crippen MR) is 121 cm³/mol. The van der Waals surface area contributed by atoms with Crippen molar-refractivity contribution in [2.75, 3.05) is 0 Å². The lowest BCUT2D eigenvalue weighted by atomic mass is 10.1. The van der Waals surface area contributed by atoms with Gasteiger partial charge in [-0.2, -0.15) is 10.5 Å². The summed E-state index contributed by atoms with van der Waals surface area (Å²) in [5.74, 6) is 0. The molecule has 0 spiro atoms. The maximum atomic E-state index is 9.45. The van der Waals surface area contributed by atoms with Gasteiger partial charge in [-0.05, 0) is 30.3 Å². The van der Waals surface area contributed by atoms with E-state index in [9.17, 15) is 10.5 Å². The second kappa shape index (κ2) is 6.15. The number of hydrogen-bond donors (Lipinski definition) is 0. The number of fused-ring (bicyclic) bond motifs is 7. The summed E-state index contributed by atoms with van der Waals surface area (Å²) < 4.78 is 4.46. The van der Waals surface area contributed by atoms with E-state index in [0.717, 1.165) is 43.1 Å². The first-order valence-electron chi connectivity index (χ1n) is 9.43. The monoisotopic (exact) mass is 400 g/mol. The van der Waals surface area contributed by atoms with Crippen LogP contribution in [0.25, 0.3) is 47.8 Å². The highest BCUT2D eigenvalue weighted by atomic mass is 32.1. The third-order valence-corrected chi connectivity index (χ3v) is 6.64. The van der Waals surface area contributed by atoms with Crippen molar-refractivity contribution in [1.29, 1.82) is 10.5 Å². The molecule has 3 aromatic heterocycles. The largest absolute Gasteiger partial charge is 0.308 e. The van der Waals surface area contributed by atoms with Gasteiger partial charge >= 0.3 is 0 Å². The van der Waals surface area contributed by atoms with Crippen molar-refractivity contribution in [3.63, 3.8) is 0 Å². The van der Waals surface area contributed by atoms with Gasteiger partial charge in [-0.1, -0.05) is 36.4 Å². The van der Waals surface area contributed by atoms with E-state index in [1.54, 1.807) is 17.4 Å². The molecule has 0 amide bonds. The van der Waals surface area contributed by atoms with E-state index >= 15 is 0 Å². The molecule has 5 heteroatoms. The van der Waals surface area contributed by atoms with Crippen LogP contribution >= 0.6 is 11.3 Å². The average molecular weight is 400 g/mol. The molecule has 0 bridgehead atoms. The number of benzene rings is 3. The van der Waals surface area contributed by atoms with Crippen LogP contribution in [0, 0.1) is 22.7 Å². The lowest BCUT2D eigenvalue weighted by Gasteiger charge is -2.08. The fraction of sp³-hybridized carbons (Fsp3) is 0. The second-order valence-electron chi connectivity index (χ2n) is 7.14. The summed E-state index contributed by atoms with van der Waals surface area (Å²) in [6.45, 7) is 0. The minimum atomic E-state index is 0.464. The van der Waals surface area contributed by atoms with Gasteiger partial charge in [0.15, 0.2) is 0 Å². The van der Waals surface area contributed by atoms with Crippen LogP contribution in [0.4, 0.5) is 0 Å². The summed E-state index contributed by atoms with van der Waals surface area (Å²) in [4.78, 5) is 4.82. The molecule has 0 aliphatic rings. The Hall–Kier alpha value is -4.19. The first-order valence-corrected chi connectivity index (χ1v) is 10.3. The summed E-state index contributed by atoms with van der Waals surface area (Å²) in [6.07, 6.45) is 1.90. The van der Waals surface area contributed by atoms with E-state index in [1.807, 2.05) is 36.5 Å². The van der Waals surface area contributed by atoms with E-state index in [1.165, 1.54) is 4.70 Å². The van der Waals surface area contributed by atoms with Crippen molar-refractivity contribution in [1.82, 2.24) is 9.55 Å². The Morgan fingerprint density at radius 3 is 2.27 bits per heavy atom. The maximum absolute atomic E-state index is 9.45. The second-order valence-corrected chi connectivity index (χ2v) is 8.19. The molecule has 0 N–H and O–H groups in total. The Morgan fingerprint density at radius 1 is 0.800 bits per heavy atom. The molecule has 3 aromatic carbocycles. The van der Waals surface area contributed by atoms with Crippen LogP contribution in [0.1, 0.15) is 11.1 Å². The van der Waals surface area contributed by atoms with Crippen molar-refractivity contribution in [2.24, 2.45) is 0 Å². The zero-order valence-corrected chi connectivity index (χ0v) is 16.4. The highest BCUT2D eigenvalue weighted by Crippen LogP contribution is 2.42. The number of hydrogen-bond acceptors (Lipinski definition) is 4. The molecule has 6 aromatic rings. The topological polar surface area (TPSA) is 65.4 Å². The molecule has 0 atom stereocenters. The number of rotatable bonds is 1. The number of aromatic nitrogens is 2. The molecular formula is C25H12N4S. The van der Waals surface area contributed by atoms with E-state index in [4.69, 9.17) is 4.98 Å². The molecule has 30 heavy (non-hydrogen) atoms. The van der Waals surface area contributed by atoms with Crippen molar-refractivity contribution < 1.29 is 0 Å². The fourth-order valence-electron chi connectivity index (χ4n) is 4.22. The van der Waals surface area contributed by atoms with Crippen molar-refractivity contribution in [2.45, 2.75) is 0 Å². The van der Waals surface area contributed by atoms with E-state index in [-0.39, 0.29) is 0 Å². The molecule has 0 saturated heterocycles. The lowest BCUT2D eigenvalue weighted by Crippen LogP contribution is -1.96. The summed E-state index contributed by atoms with van der Waals surface area (Å²) in [5, 5.41) is 22.3. The third-order valence-electron chi connectivity index (χ3n) is 5.46. The van der Waals surface area contributed by atoms with E-state index in [2.05, 4.69) is 47.0 Å². The number of nitriles is 2. The van der Waals surface area contributed by atoms with E-state index < -0.39 is 0 Å². The quantitative estimate of drug-likeness (QED) is 0.326. The van der Waals surface area contributed by atoms with Crippen LogP contribution < -0.4 is 0 Å². The number of pyridine rings is 1. The normalized spacial score (nSPS) is 11.3. The first kappa shape index (κ1) is 16.7. The van der Waals surface area contributed by atoms with Crippen LogP contribution in [-0.2, 0) is 0 Å². The number of nitrogens with zero attached hydrogens (tertiary/aromatic N) is 4. The van der Waals surface area contributed by atoms with Crippen molar-refractivity contribution >= 4 is 53.4 Å². The molecular weight excluding hydrogens is 388 g/mol. The van der Waals surface area contributed by atoms with E-state index in [0.29, 0.717) is 11.1 Å². The molecule has 0 fully saturated rings. The predicted octanol–water partition coefficient (Wildman–Crippen LogP) is 6.29. The fourth-order valence-corrected chi connectivity index (χ4v) is 5.44. The Bertz CT molecular complexity index is 1690. The van der Waals surface area contributed by atoms with Crippen LogP contribution in [0.15, 0.2) is 72.9 Å². The van der Waals surface area contributed by atoms with Gasteiger partial charge in [0.2, 0.25) is 0 Å². The van der Waals surface area contributed by atoms with Crippen molar-refractivity contribution in [3.8, 4) is 17.8 Å². The zero-order chi connectivity index (χ0) is 20.2. The van der Waals surface area contributed by atoms with Gasteiger partial charge in [0.25, 0.3) is 0 Å². The summed E-state index contributed by atoms with van der Waals surface area (Å²) in [7, 11) is 0. The van der Waals surface area contributed by atoms with Gasteiger partial charge in [0.05, 0.1) is 50.7 Å². The number of para-hydroxylation sites is 1. The molecule has 3 heterocycles. The molecule has 138 valence electrons. The summed E-state index contributed by atoms with van der Waals surface area (Å²) in [6, 6.07) is 26.2. The summed E-state index contributed by atoms with van der Waals surface area (Å²) in [5.41, 5.74) is 4.72. The highest BCUT2D eigenvalue weighted by Gasteiger charge is 2.18. The molecule has 0 aliphatic carbocycles. The van der Waals surface area contributed by atoms with Crippen LogP contribution in [0.3, 0.4) is 0 Å². The van der Waals surface area contributed by atoms with Gasteiger partial charge in [0.1, 0.15) is 0 Å². The molecule has 0 aliphatic heterocycles. The standard InChI is InChI=1S/C25H12N4S/c26-12-15-9-16(13-27)11-17(10-15)29-20-7-3-1-5-18(20)23-21(29)14-28-24-19-6-2-4-8-22(19)30-25(23)24/h1-11,14H. The average Bonchev–Trinajstić information content (AvgIpc) is 3.34. The lowest BCUT2D eigenvalue weighted by molar-refractivity contribution is 1.16. The third kappa shape index (κ3) is 2.21. The Balaban J connectivity index is 1.83. The maximum Gasteiger partial charge on any atom is 0.0992 e. The van der Waals surface area contributed by atoms with Crippen LogP contribution in [0.5, 0.6) is 0 Å².